The predicted molar refractivity (Wildman–Crippen MR) is 102 cm³/mol. The second kappa shape index (κ2) is 7.15. The van der Waals surface area contributed by atoms with Crippen molar-refractivity contribution in [3.8, 4) is 17.2 Å². The van der Waals surface area contributed by atoms with Gasteiger partial charge < -0.3 is 19.9 Å². The SMILES string of the molecule is CC(=O)Oc1c(C)c(C)c2c(c1C)C=C(C(=O)Nc1cccc(O)c1)CO2. The average molecular weight is 367 g/mol. The molecule has 0 aliphatic carbocycles. The lowest BCUT2D eigenvalue weighted by Gasteiger charge is -2.24. The number of ether oxygens (including phenoxy) is 2. The molecule has 0 saturated heterocycles. The molecule has 0 spiro atoms. The molecule has 2 N–H and O–H groups in total. The molecular weight excluding hydrogens is 346 g/mol. The van der Waals surface area contributed by atoms with Crippen molar-refractivity contribution < 1.29 is 24.2 Å². The van der Waals surface area contributed by atoms with Crippen LogP contribution in [0, 0.1) is 20.8 Å². The molecule has 0 unspecified atom stereocenters. The van der Waals surface area contributed by atoms with E-state index in [2.05, 4.69) is 5.32 Å². The van der Waals surface area contributed by atoms with Gasteiger partial charge in [0, 0.05) is 29.8 Å². The van der Waals surface area contributed by atoms with Crippen molar-refractivity contribution in [2.24, 2.45) is 0 Å². The Morgan fingerprint density at radius 2 is 1.89 bits per heavy atom. The number of esters is 1. The predicted octanol–water partition coefficient (Wildman–Crippen LogP) is 3.66. The van der Waals surface area contributed by atoms with Crippen molar-refractivity contribution in [1.82, 2.24) is 0 Å². The van der Waals surface area contributed by atoms with E-state index in [4.69, 9.17) is 9.47 Å². The highest BCUT2D eigenvalue weighted by Gasteiger charge is 2.25. The van der Waals surface area contributed by atoms with Crippen LogP contribution >= 0.6 is 0 Å². The van der Waals surface area contributed by atoms with E-state index < -0.39 is 5.97 Å². The van der Waals surface area contributed by atoms with Crippen molar-refractivity contribution >= 4 is 23.6 Å². The van der Waals surface area contributed by atoms with Gasteiger partial charge in [-0.1, -0.05) is 6.07 Å². The van der Waals surface area contributed by atoms with Gasteiger partial charge in [0.2, 0.25) is 0 Å². The maximum Gasteiger partial charge on any atom is 0.308 e. The molecule has 0 radical (unpaired) electrons. The van der Waals surface area contributed by atoms with Crippen LogP contribution < -0.4 is 14.8 Å². The Bertz CT molecular complexity index is 975. The lowest BCUT2D eigenvalue weighted by molar-refractivity contribution is -0.132. The van der Waals surface area contributed by atoms with Crippen molar-refractivity contribution in [3.63, 3.8) is 0 Å². The van der Waals surface area contributed by atoms with Crippen LogP contribution in [-0.2, 0) is 9.59 Å². The summed E-state index contributed by atoms with van der Waals surface area (Å²) in [7, 11) is 0. The second-order valence-corrected chi connectivity index (χ2v) is 6.50. The number of fused-ring (bicyclic) bond motifs is 1. The molecule has 0 fully saturated rings. The third-order valence-electron chi connectivity index (χ3n) is 4.56. The zero-order chi connectivity index (χ0) is 19.7. The molecule has 27 heavy (non-hydrogen) atoms. The molecule has 2 aromatic rings. The van der Waals surface area contributed by atoms with Crippen LogP contribution in [0.3, 0.4) is 0 Å². The van der Waals surface area contributed by atoms with Crippen LogP contribution in [0.25, 0.3) is 6.08 Å². The van der Waals surface area contributed by atoms with Crippen LogP contribution in [0.2, 0.25) is 0 Å². The Labute approximate surface area is 157 Å². The minimum absolute atomic E-state index is 0.0694. The summed E-state index contributed by atoms with van der Waals surface area (Å²) < 4.78 is 11.2. The highest BCUT2D eigenvalue weighted by atomic mass is 16.5. The monoisotopic (exact) mass is 367 g/mol. The van der Waals surface area contributed by atoms with Gasteiger partial charge in [0.05, 0.1) is 5.57 Å². The number of hydrogen-bond donors (Lipinski definition) is 2. The fraction of sp³-hybridized carbons (Fsp3) is 0.238. The molecule has 6 nitrogen and oxygen atoms in total. The van der Waals surface area contributed by atoms with Gasteiger partial charge >= 0.3 is 5.97 Å². The van der Waals surface area contributed by atoms with Crippen LogP contribution in [0.1, 0.15) is 29.2 Å². The van der Waals surface area contributed by atoms with Crippen molar-refractivity contribution in [3.05, 3.63) is 52.1 Å². The molecule has 1 aliphatic rings. The van der Waals surface area contributed by atoms with Gasteiger partial charge in [-0.3, -0.25) is 9.59 Å². The van der Waals surface area contributed by atoms with E-state index in [1.807, 2.05) is 20.8 Å². The summed E-state index contributed by atoms with van der Waals surface area (Å²) in [5.41, 5.74) is 4.10. The maximum absolute atomic E-state index is 12.6. The zero-order valence-electron chi connectivity index (χ0n) is 15.7. The van der Waals surface area contributed by atoms with Gasteiger partial charge in [-0.05, 0) is 50.1 Å². The average Bonchev–Trinajstić information content (AvgIpc) is 2.62. The van der Waals surface area contributed by atoms with Gasteiger partial charge in [0.15, 0.2) is 0 Å². The Balaban J connectivity index is 1.98. The van der Waals surface area contributed by atoms with Crippen molar-refractivity contribution in [2.45, 2.75) is 27.7 Å². The lowest BCUT2D eigenvalue weighted by Crippen LogP contribution is -2.22. The second-order valence-electron chi connectivity index (χ2n) is 6.50. The molecule has 1 amide bonds. The minimum atomic E-state index is -0.400. The summed E-state index contributed by atoms with van der Waals surface area (Å²) >= 11 is 0. The van der Waals surface area contributed by atoms with Gasteiger partial charge in [0.25, 0.3) is 5.91 Å². The highest BCUT2D eigenvalue weighted by Crippen LogP contribution is 2.41. The number of amides is 1. The van der Waals surface area contributed by atoms with Crippen LogP contribution in [-0.4, -0.2) is 23.6 Å². The van der Waals surface area contributed by atoms with Crippen LogP contribution in [0.5, 0.6) is 17.2 Å². The number of anilines is 1. The molecule has 0 saturated carbocycles. The first-order valence-corrected chi connectivity index (χ1v) is 8.54. The molecular formula is C21H21NO5. The Kier molecular flexibility index (Phi) is 4.90. The molecule has 1 heterocycles. The fourth-order valence-electron chi connectivity index (χ4n) is 3.07. The summed E-state index contributed by atoms with van der Waals surface area (Å²) in [4.78, 5) is 24.0. The van der Waals surface area contributed by atoms with Crippen molar-refractivity contribution in [2.75, 3.05) is 11.9 Å². The summed E-state index contributed by atoms with van der Waals surface area (Å²) in [6.07, 6.45) is 1.76. The molecule has 6 heteroatoms. The topological polar surface area (TPSA) is 84.9 Å². The molecule has 0 bridgehead atoms. The number of phenolic OH excluding ortho intramolecular Hbond substituents is 1. The Hall–Kier alpha value is -3.28. The molecule has 140 valence electrons. The number of benzene rings is 2. The van der Waals surface area contributed by atoms with E-state index in [9.17, 15) is 14.7 Å². The third kappa shape index (κ3) is 3.65. The summed E-state index contributed by atoms with van der Waals surface area (Å²) in [6, 6.07) is 6.33. The summed E-state index contributed by atoms with van der Waals surface area (Å²) in [6.45, 7) is 7.09. The first kappa shape index (κ1) is 18.5. The smallest absolute Gasteiger partial charge is 0.308 e. The molecule has 0 aromatic heterocycles. The summed E-state index contributed by atoms with van der Waals surface area (Å²) in [5.74, 6) is 0.532. The first-order valence-electron chi connectivity index (χ1n) is 8.54. The highest BCUT2D eigenvalue weighted by molar-refractivity contribution is 6.07. The molecule has 2 aromatic carbocycles. The lowest BCUT2D eigenvalue weighted by atomic mass is 9.94. The van der Waals surface area contributed by atoms with E-state index >= 15 is 0 Å². The Morgan fingerprint density at radius 1 is 1.15 bits per heavy atom. The first-order chi connectivity index (χ1) is 12.8. The Morgan fingerprint density at radius 3 is 2.56 bits per heavy atom. The number of aromatic hydroxyl groups is 1. The fourth-order valence-corrected chi connectivity index (χ4v) is 3.07. The number of phenols is 1. The third-order valence-corrected chi connectivity index (χ3v) is 4.56. The zero-order valence-corrected chi connectivity index (χ0v) is 15.7. The van der Waals surface area contributed by atoms with E-state index in [1.54, 1.807) is 18.2 Å². The normalized spacial score (nSPS) is 12.5. The number of hydrogen-bond acceptors (Lipinski definition) is 5. The van der Waals surface area contributed by atoms with E-state index in [-0.39, 0.29) is 18.3 Å². The molecule has 1 aliphatic heterocycles. The number of carbonyl (C=O) groups excluding carboxylic acids is 2. The van der Waals surface area contributed by atoms with E-state index in [0.29, 0.717) is 22.8 Å². The number of rotatable bonds is 3. The minimum Gasteiger partial charge on any atom is -0.508 e. The van der Waals surface area contributed by atoms with Gasteiger partial charge in [-0.15, -0.1) is 0 Å². The van der Waals surface area contributed by atoms with Gasteiger partial charge in [-0.2, -0.15) is 0 Å². The van der Waals surface area contributed by atoms with E-state index in [1.165, 1.54) is 19.1 Å². The van der Waals surface area contributed by atoms with Crippen LogP contribution in [0.15, 0.2) is 29.8 Å². The summed E-state index contributed by atoms with van der Waals surface area (Å²) in [5, 5.41) is 12.3. The van der Waals surface area contributed by atoms with Gasteiger partial charge in [-0.25, -0.2) is 0 Å². The quantitative estimate of drug-likeness (QED) is 0.639. The van der Waals surface area contributed by atoms with Crippen molar-refractivity contribution in [1.29, 1.82) is 0 Å². The molecule has 3 rings (SSSR count). The largest absolute Gasteiger partial charge is 0.508 e. The number of carbonyl (C=O) groups is 2. The molecule has 0 atom stereocenters. The maximum atomic E-state index is 12.6. The number of nitrogens with one attached hydrogen (secondary N) is 1. The van der Waals surface area contributed by atoms with E-state index in [0.717, 1.165) is 22.3 Å². The standard InChI is InChI=1S/C21H21NO5/c1-11-12(2)20-18(13(3)19(11)27-14(4)23)8-15(10-26-20)21(25)22-16-6-5-7-17(24)9-16/h5-9,24H,10H2,1-4H3,(H,22,25). The van der Waals surface area contributed by atoms with Crippen LogP contribution in [0.4, 0.5) is 5.69 Å². The van der Waals surface area contributed by atoms with Gasteiger partial charge in [0.1, 0.15) is 23.9 Å².